The zero-order valence-electron chi connectivity index (χ0n) is 35.9. The van der Waals surface area contributed by atoms with Crippen LogP contribution in [0.25, 0.3) is 0 Å². The molecule has 3 fully saturated rings. The van der Waals surface area contributed by atoms with Gasteiger partial charge in [0.25, 0.3) is 5.91 Å². The number of pyridine rings is 1. The predicted molar refractivity (Wildman–Crippen MR) is 224 cm³/mol. The number of carbonyl (C=O) groups is 5. The van der Waals surface area contributed by atoms with Gasteiger partial charge in [-0.1, -0.05) is 61.1 Å². The molecule has 6 atom stereocenters. The summed E-state index contributed by atoms with van der Waals surface area (Å²) in [6, 6.07) is 2.83. The topological polar surface area (TPSA) is 158 Å². The summed E-state index contributed by atoms with van der Waals surface area (Å²) < 4.78 is 6.34. The summed E-state index contributed by atoms with van der Waals surface area (Å²) >= 11 is 1.55. The van der Waals surface area contributed by atoms with Gasteiger partial charge < -0.3 is 29.6 Å². The first kappa shape index (κ1) is 45.4. The van der Waals surface area contributed by atoms with Gasteiger partial charge in [0.2, 0.25) is 11.7 Å². The molecule has 2 amide bonds. The average Bonchev–Trinajstić information content (AvgIpc) is 3.78. The molecule has 1 aromatic heterocycles. The number of carbonyl (C=O) groups excluding carboxylic acids is 4. The number of hydrogen-bond donors (Lipinski definition) is 2. The number of aliphatic hydroxyl groups excluding tert-OH is 1. The van der Waals surface area contributed by atoms with E-state index in [1.165, 1.54) is 9.80 Å². The molecule has 0 bridgehead atoms. The highest BCUT2D eigenvalue weighted by Gasteiger charge is 2.57. The molecule has 1 aromatic rings. The highest BCUT2D eigenvalue weighted by atomic mass is 32.2. The van der Waals surface area contributed by atoms with Crippen LogP contribution in [0.15, 0.2) is 47.4 Å². The number of β-lactam (4-membered cyclic amide) rings is 1. The van der Waals surface area contributed by atoms with Crippen LogP contribution >= 0.6 is 11.8 Å². The minimum atomic E-state index is -1.10. The lowest BCUT2D eigenvalue weighted by atomic mass is 9.74. The van der Waals surface area contributed by atoms with E-state index in [0.29, 0.717) is 50.0 Å². The van der Waals surface area contributed by atoms with Gasteiger partial charge in [0.15, 0.2) is 0 Å². The van der Waals surface area contributed by atoms with Gasteiger partial charge in [-0.2, -0.15) is 0 Å². The predicted octanol–water partition coefficient (Wildman–Crippen LogP) is 6.76. The molecule has 0 aromatic carbocycles. The summed E-state index contributed by atoms with van der Waals surface area (Å²) in [7, 11) is 0. The number of Topliss-reactive ketones (excluding diaryl/α,β-unsaturated/α-hetero) is 1. The summed E-state index contributed by atoms with van der Waals surface area (Å²) in [5.74, 6) is -3.49. The van der Waals surface area contributed by atoms with Gasteiger partial charge in [0, 0.05) is 65.1 Å². The number of fused-ring (bicyclic) bond motifs is 1. The Kier molecular flexibility index (Phi) is 14.3. The number of amides is 2. The Morgan fingerprint density at radius 1 is 1.05 bits per heavy atom. The molecule has 0 saturated carbocycles. The Bertz CT molecular complexity index is 1760. The standard InChI is InChI=1S/C45H66N4O8S/c1-10-44(6,7)38(51)40(53)48-22-12-11-15-33(48)42(56)57-31(17-16-30-14-13-21-46-26-30)25-43(4,5)19-20-45(8,9)29(3)47-23-18-32(27-47)58-35-24-34-36(28(2)50)39(52)49(34)37(35)41(54)55/h13-14,21,26,28,31-34,36,50H,3,10-12,15-20,22-25,27H2,1-2,4-9H3,(H,54,55)/t28-,31-,32+,33+,34-,36-/m1/s1. The first-order valence-corrected chi connectivity index (χ1v) is 22.1. The number of piperidine rings is 1. The Labute approximate surface area is 349 Å². The molecule has 5 rings (SSSR count). The third-order valence-corrected chi connectivity index (χ3v) is 14.6. The van der Waals surface area contributed by atoms with Crippen LogP contribution in [-0.2, 0) is 35.1 Å². The lowest BCUT2D eigenvalue weighted by Crippen LogP contribution is -2.61. The molecule has 12 nitrogen and oxygen atoms in total. The van der Waals surface area contributed by atoms with E-state index in [9.17, 15) is 34.2 Å². The number of hydrogen-bond acceptors (Lipinski definition) is 10. The Hall–Kier alpha value is -3.71. The largest absolute Gasteiger partial charge is 0.477 e. The number of nitrogens with zero attached hydrogens (tertiary/aromatic N) is 4. The molecule has 4 aliphatic rings. The second-order valence-corrected chi connectivity index (χ2v) is 20.4. The van der Waals surface area contributed by atoms with Crippen molar-refractivity contribution in [1.29, 1.82) is 0 Å². The summed E-state index contributed by atoms with van der Waals surface area (Å²) in [6.45, 7) is 22.3. The van der Waals surface area contributed by atoms with Crippen molar-refractivity contribution < 1.29 is 38.9 Å². The van der Waals surface area contributed by atoms with Crippen LogP contribution in [0.3, 0.4) is 0 Å². The van der Waals surface area contributed by atoms with Crippen molar-refractivity contribution in [3.05, 3.63) is 53.0 Å². The van der Waals surface area contributed by atoms with Crippen LogP contribution in [0, 0.1) is 22.2 Å². The molecule has 0 unspecified atom stereocenters. The number of aliphatic hydroxyl groups is 1. The summed E-state index contributed by atoms with van der Waals surface area (Å²) in [6.07, 6.45) is 9.72. The molecule has 320 valence electrons. The minimum absolute atomic E-state index is 0.0665. The monoisotopic (exact) mass is 822 g/mol. The third-order valence-electron chi connectivity index (χ3n) is 13.2. The molecule has 0 aliphatic carbocycles. The Morgan fingerprint density at radius 3 is 2.41 bits per heavy atom. The summed E-state index contributed by atoms with van der Waals surface area (Å²) in [5.41, 5.74) is 0.869. The van der Waals surface area contributed by atoms with Crippen LogP contribution in [0.5, 0.6) is 0 Å². The van der Waals surface area contributed by atoms with Crippen LogP contribution < -0.4 is 0 Å². The maximum atomic E-state index is 14.0. The molecule has 5 heterocycles. The lowest BCUT2D eigenvalue weighted by molar-refractivity contribution is -0.165. The molecule has 58 heavy (non-hydrogen) atoms. The number of aryl methyl sites for hydroxylation is 1. The molecular weight excluding hydrogens is 757 g/mol. The van der Waals surface area contributed by atoms with Gasteiger partial charge in [0.1, 0.15) is 17.8 Å². The fraction of sp³-hybridized carbons (Fsp3) is 0.689. The van der Waals surface area contributed by atoms with E-state index >= 15 is 0 Å². The molecule has 4 aliphatic heterocycles. The first-order valence-electron chi connectivity index (χ1n) is 21.2. The normalized spacial score (nSPS) is 23.7. The highest BCUT2D eigenvalue weighted by molar-refractivity contribution is 8.03. The van der Waals surface area contributed by atoms with E-state index in [1.807, 2.05) is 25.3 Å². The smallest absolute Gasteiger partial charge is 0.353 e. The highest BCUT2D eigenvalue weighted by Crippen LogP contribution is 2.49. The quantitative estimate of drug-likeness (QED) is 0.0863. The van der Waals surface area contributed by atoms with Crippen molar-refractivity contribution in [3.63, 3.8) is 0 Å². The molecule has 2 N–H and O–H groups in total. The van der Waals surface area contributed by atoms with Crippen LogP contribution in [0.4, 0.5) is 0 Å². The number of carboxylic acid groups (broad SMARTS) is 1. The number of aromatic nitrogens is 1. The minimum Gasteiger partial charge on any atom is -0.477 e. The maximum Gasteiger partial charge on any atom is 0.353 e. The SMILES string of the molecule is C=C(N1CC[C@H](SC2=C(C(=O)O)N3C(=O)[C@H]([C@@H](C)O)[C@H]3C2)C1)C(C)(C)CCC(C)(C)C[C@@H](CCc1cccnc1)OC(=O)[C@@H]1CCCCN1C(=O)C(=O)C(C)(C)CC. The average molecular weight is 823 g/mol. The third kappa shape index (κ3) is 10.2. The van der Waals surface area contributed by atoms with Crippen molar-refractivity contribution in [2.75, 3.05) is 19.6 Å². The fourth-order valence-electron chi connectivity index (χ4n) is 8.87. The van der Waals surface area contributed by atoms with E-state index in [1.54, 1.807) is 38.7 Å². The van der Waals surface area contributed by atoms with E-state index < -0.39 is 53.2 Å². The zero-order chi connectivity index (χ0) is 42.7. The van der Waals surface area contributed by atoms with Gasteiger partial charge in [-0.15, -0.1) is 11.8 Å². The van der Waals surface area contributed by atoms with Gasteiger partial charge in [0.05, 0.1) is 18.1 Å². The number of thioether (sulfide) groups is 1. The Balaban J connectivity index is 1.21. The molecule has 0 spiro atoms. The van der Waals surface area contributed by atoms with Crippen LogP contribution in [-0.4, -0.2) is 109 Å². The molecule has 0 radical (unpaired) electrons. The lowest BCUT2D eigenvalue weighted by Gasteiger charge is -2.44. The van der Waals surface area contributed by atoms with Gasteiger partial charge in [-0.05, 0) is 88.2 Å². The zero-order valence-corrected chi connectivity index (χ0v) is 36.7. The maximum absolute atomic E-state index is 14.0. The molecular formula is C45H66N4O8S. The number of carboxylic acids is 1. The van der Waals surface area contributed by atoms with E-state index in [2.05, 4.69) is 44.2 Å². The van der Waals surface area contributed by atoms with Gasteiger partial charge >= 0.3 is 11.9 Å². The van der Waals surface area contributed by atoms with E-state index in [4.69, 9.17) is 4.74 Å². The first-order chi connectivity index (χ1) is 27.2. The number of ether oxygens (including phenoxy) is 1. The van der Waals surface area contributed by atoms with Crippen LogP contribution in [0.2, 0.25) is 0 Å². The second kappa shape index (κ2) is 18.3. The van der Waals surface area contributed by atoms with Crippen molar-refractivity contribution in [2.45, 2.75) is 156 Å². The number of aliphatic carboxylic acids is 1. The van der Waals surface area contributed by atoms with Crippen molar-refractivity contribution in [3.8, 4) is 0 Å². The number of rotatable bonds is 19. The summed E-state index contributed by atoms with van der Waals surface area (Å²) in [5, 5.41) is 20.3. The number of ketones is 1. The van der Waals surface area contributed by atoms with Gasteiger partial charge in [-0.25, -0.2) is 9.59 Å². The van der Waals surface area contributed by atoms with Crippen molar-refractivity contribution in [2.24, 2.45) is 22.2 Å². The number of likely N-dealkylation sites (tertiary alicyclic amines) is 2. The van der Waals surface area contributed by atoms with E-state index in [-0.39, 0.29) is 33.7 Å². The number of allylic oxidation sites excluding steroid dienone is 1. The van der Waals surface area contributed by atoms with Gasteiger partial charge in [-0.3, -0.25) is 19.4 Å². The van der Waals surface area contributed by atoms with Crippen molar-refractivity contribution in [1.82, 2.24) is 19.7 Å². The van der Waals surface area contributed by atoms with Crippen LogP contribution in [0.1, 0.15) is 125 Å². The number of esters is 1. The Morgan fingerprint density at radius 2 is 1.78 bits per heavy atom. The molecule has 13 heteroatoms. The molecule has 3 saturated heterocycles. The van der Waals surface area contributed by atoms with E-state index in [0.717, 1.165) is 56.5 Å². The fourth-order valence-corrected chi connectivity index (χ4v) is 10.3. The van der Waals surface area contributed by atoms with Crippen molar-refractivity contribution >= 4 is 41.3 Å². The second-order valence-electron chi connectivity index (χ2n) is 19.0. The summed E-state index contributed by atoms with van der Waals surface area (Å²) in [4.78, 5) is 75.7.